The van der Waals surface area contributed by atoms with Gasteiger partial charge in [-0.15, -0.1) is 23.5 Å². The summed E-state index contributed by atoms with van der Waals surface area (Å²) in [5.74, 6) is 0.160. The average molecular weight is 498 g/mol. The number of carbonyl (C=O) groups excluding carboxylic acids is 2. The van der Waals surface area contributed by atoms with E-state index in [1.165, 1.54) is 0 Å². The van der Waals surface area contributed by atoms with Crippen LogP contribution in [0.2, 0.25) is 0 Å². The Morgan fingerprint density at radius 2 is 1.34 bits per heavy atom. The van der Waals surface area contributed by atoms with E-state index in [0.717, 1.165) is 9.79 Å². The minimum Gasteiger partial charge on any atom is -0.292 e. The number of halogens is 1. The highest BCUT2D eigenvalue weighted by Crippen LogP contribution is 2.27. The lowest BCUT2D eigenvalue weighted by atomic mass is 10.2. The zero-order chi connectivity index (χ0) is 22.0. The molecule has 0 spiro atoms. The molecule has 1 unspecified atom stereocenters. The van der Waals surface area contributed by atoms with Gasteiger partial charge >= 0.3 is 0 Å². The highest BCUT2D eigenvalue weighted by Gasteiger charge is 2.18. The van der Waals surface area contributed by atoms with Gasteiger partial charge in [-0.2, -0.15) is 0 Å². The number of ketones is 2. The third-order valence-corrected chi connectivity index (χ3v) is 5.97. The molecule has 2 heterocycles. The minimum atomic E-state index is -0.182. The van der Waals surface area contributed by atoms with Crippen LogP contribution in [0.1, 0.15) is 68.9 Å². The summed E-state index contributed by atoms with van der Waals surface area (Å²) in [7, 11) is 0. The molecule has 0 aromatic carbocycles. The number of carbonyl (C=O) groups is 2. The molecule has 7 heteroatoms. The van der Waals surface area contributed by atoms with Crippen molar-refractivity contribution in [3.05, 3.63) is 48.0 Å². The lowest BCUT2D eigenvalue weighted by Gasteiger charge is -2.10. The molecular weight excluding hydrogens is 468 g/mol. The van der Waals surface area contributed by atoms with Gasteiger partial charge in [-0.05, 0) is 31.2 Å². The quantitative estimate of drug-likeness (QED) is 0.229. The monoisotopic (exact) mass is 496 g/mol. The molecule has 2 rings (SSSR count). The molecule has 0 bridgehead atoms. The Morgan fingerprint density at radius 3 is 1.76 bits per heavy atom. The van der Waals surface area contributed by atoms with Crippen LogP contribution in [0.4, 0.5) is 0 Å². The lowest BCUT2D eigenvalue weighted by Crippen LogP contribution is -2.13. The Kier molecular flexibility index (Phi) is 11.8. The van der Waals surface area contributed by atoms with Crippen LogP contribution >= 0.6 is 39.5 Å². The third kappa shape index (κ3) is 9.01. The number of pyridine rings is 2. The summed E-state index contributed by atoms with van der Waals surface area (Å²) in [6.07, 6.45) is 3.85. The van der Waals surface area contributed by atoms with Gasteiger partial charge in [-0.25, -0.2) is 0 Å². The predicted octanol–water partition coefficient (Wildman–Crippen LogP) is 6.72. The second-order valence-electron chi connectivity index (χ2n) is 6.79. The molecule has 158 valence electrons. The Hall–Kier alpha value is -1.18. The molecule has 0 aliphatic carbocycles. The van der Waals surface area contributed by atoms with Crippen molar-refractivity contribution < 1.29 is 9.59 Å². The standard InChI is InChI=1S/C11H14BrNOS.C11H15NOS/c1-7(2)15-9-5-4-6-13-10(9)11(14)8(3)12;1-4-9(13)11-10(14-8(2)3)6-5-7-12-11/h4-8H,1-3H3;5-8H,4H2,1-3H3. The van der Waals surface area contributed by atoms with Gasteiger partial charge in [0.25, 0.3) is 0 Å². The Balaban J connectivity index is 0.000000291. The van der Waals surface area contributed by atoms with Crippen LogP contribution in [0.25, 0.3) is 0 Å². The van der Waals surface area contributed by atoms with E-state index < -0.39 is 0 Å². The molecule has 0 amide bonds. The summed E-state index contributed by atoms with van der Waals surface area (Å²) < 4.78 is 0. The number of aromatic nitrogens is 2. The molecule has 2 aromatic rings. The summed E-state index contributed by atoms with van der Waals surface area (Å²) in [6.45, 7) is 12.1. The van der Waals surface area contributed by atoms with Gasteiger partial charge in [0.15, 0.2) is 11.6 Å². The average Bonchev–Trinajstić information content (AvgIpc) is 2.67. The lowest BCUT2D eigenvalue weighted by molar-refractivity contribution is 0.0975. The first kappa shape index (κ1) is 25.9. The van der Waals surface area contributed by atoms with Crippen molar-refractivity contribution in [2.24, 2.45) is 0 Å². The Morgan fingerprint density at radius 1 is 0.897 bits per heavy atom. The Labute approximate surface area is 191 Å². The molecule has 0 fully saturated rings. The van der Waals surface area contributed by atoms with E-state index >= 15 is 0 Å². The van der Waals surface area contributed by atoms with Crippen LogP contribution in [0.3, 0.4) is 0 Å². The van der Waals surface area contributed by atoms with Gasteiger partial charge in [-0.1, -0.05) is 50.5 Å². The number of thioether (sulfide) groups is 2. The maximum atomic E-state index is 11.8. The summed E-state index contributed by atoms with van der Waals surface area (Å²) in [6, 6.07) is 7.64. The van der Waals surface area contributed by atoms with Crippen LogP contribution in [0.15, 0.2) is 46.5 Å². The predicted molar refractivity (Wildman–Crippen MR) is 128 cm³/mol. The zero-order valence-electron chi connectivity index (χ0n) is 17.8. The summed E-state index contributed by atoms with van der Waals surface area (Å²) >= 11 is 6.63. The van der Waals surface area contributed by atoms with Gasteiger partial charge in [-0.3, -0.25) is 19.6 Å². The number of hydrogen-bond donors (Lipinski definition) is 0. The summed E-state index contributed by atoms with van der Waals surface area (Å²) in [5.41, 5.74) is 1.19. The van der Waals surface area contributed by atoms with Crippen LogP contribution < -0.4 is 0 Å². The number of Topliss-reactive ketones (excluding diaryl/α,β-unsaturated/α-hetero) is 2. The number of hydrogen-bond acceptors (Lipinski definition) is 6. The van der Waals surface area contributed by atoms with Gasteiger partial charge < -0.3 is 0 Å². The smallest absolute Gasteiger partial charge is 0.195 e. The minimum absolute atomic E-state index is 0.0405. The molecule has 29 heavy (non-hydrogen) atoms. The van der Waals surface area contributed by atoms with Gasteiger partial charge in [0.1, 0.15) is 11.4 Å². The first-order chi connectivity index (χ1) is 13.7. The molecular formula is C22H29BrN2O2S2. The topological polar surface area (TPSA) is 59.9 Å². The fourth-order valence-electron chi connectivity index (χ4n) is 2.23. The molecule has 2 aromatic heterocycles. The van der Waals surface area contributed by atoms with Crippen molar-refractivity contribution in [3.8, 4) is 0 Å². The van der Waals surface area contributed by atoms with Crippen molar-refractivity contribution in [2.45, 2.75) is 73.1 Å². The van der Waals surface area contributed by atoms with Crippen LogP contribution in [-0.2, 0) is 0 Å². The normalized spacial score (nSPS) is 11.8. The van der Waals surface area contributed by atoms with Crippen molar-refractivity contribution in [1.82, 2.24) is 9.97 Å². The van der Waals surface area contributed by atoms with E-state index in [9.17, 15) is 9.59 Å². The second kappa shape index (κ2) is 13.2. The largest absolute Gasteiger partial charge is 0.292 e. The van der Waals surface area contributed by atoms with E-state index in [2.05, 4.69) is 53.6 Å². The molecule has 0 N–H and O–H groups in total. The fraction of sp³-hybridized carbons (Fsp3) is 0.455. The van der Waals surface area contributed by atoms with Crippen LogP contribution in [-0.4, -0.2) is 36.9 Å². The second-order valence-corrected chi connectivity index (χ2v) is 11.4. The summed E-state index contributed by atoms with van der Waals surface area (Å²) in [5, 5.41) is 0.925. The van der Waals surface area contributed by atoms with Gasteiger partial charge in [0.05, 0.1) is 4.83 Å². The number of alkyl halides is 1. The highest BCUT2D eigenvalue weighted by atomic mass is 79.9. The molecule has 1 atom stereocenters. The van der Waals surface area contributed by atoms with E-state index in [0.29, 0.717) is 28.3 Å². The fourth-order valence-corrected chi connectivity index (χ4v) is 4.32. The van der Waals surface area contributed by atoms with Crippen molar-refractivity contribution >= 4 is 51.0 Å². The third-order valence-electron chi connectivity index (χ3n) is 3.45. The van der Waals surface area contributed by atoms with E-state index in [1.807, 2.05) is 38.1 Å². The van der Waals surface area contributed by atoms with Gasteiger partial charge in [0, 0.05) is 39.1 Å². The number of rotatable bonds is 8. The van der Waals surface area contributed by atoms with E-state index in [4.69, 9.17) is 0 Å². The van der Waals surface area contributed by atoms with Crippen LogP contribution in [0.5, 0.6) is 0 Å². The SMILES string of the molecule is CC(C)Sc1cccnc1C(=O)C(C)Br.CCC(=O)c1ncccc1SC(C)C. The highest BCUT2D eigenvalue weighted by molar-refractivity contribution is 9.10. The zero-order valence-corrected chi connectivity index (χ0v) is 21.0. The maximum absolute atomic E-state index is 11.8. The molecule has 0 radical (unpaired) electrons. The van der Waals surface area contributed by atoms with Crippen LogP contribution in [0, 0.1) is 0 Å². The molecule has 0 saturated heterocycles. The summed E-state index contributed by atoms with van der Waals surface area (Å²) in [4.78, 5) is 33.4. The van der Waals surface area contributed by atoms with Gasteiger partial charge in [0.2, 0.25) is 0 Å². The molecule has 4 nitrogen and oxygen atoms in total. The first-order valence-electron chi connectivity index (χ1n) is 9.62. The Bertz CT molecular complexity index is 811. The van der Waals surface area contributed by atoms with Crippen molar-refractivity contribution in [3.63, 3.8) is 0 Å². The van der Waals surface area contributed by atoms with E-state index in [-0.39, 0.29) is 16.4 Å². The molecule has 0 saturated carbocycles. The molecule has 0 aliphatic rings. The van der Waals surface area contributed by atoms with E-state index in [1.54, 1.807) is 35.9 Å². The number of nitrogens with zero attached hydrogens (tertiary/aromatic N) is 2. The van der Waals surface area contributed by atoms with Crippen molar-refractivity contribution in [2.75, 3.05) is 0 Å². The van der Waals surface area contributed by atoms with Crippen molar-refractivity contribution in [1.29, 1.82) is 0 Å². The first-order valence-corrected chi connectivity index (χ1v) is 12.3. The maximum Gasteiger partial charge on any atom is 0.195 e. The molecule has 0 aliphatic heterocycles.